The number of para-hydroxylation sites is 1. The Morgan fingerprint density at radius 3 is 2.43 bits per heavy atom. The number of aromatic nitrogens is 2. The number of nitrogens with zero attached hydrogens (tertiary/aromatic N) is 4. The monoisotopic (exact) mass is 868 g/mol. The lowest BCUT2D eigenvalue weighted by Crippen LogP contribution is -2.55. The summed E-state index contributed by atoms with van der Waals surface area (Å²) < 4.78 is 38.9. The number of imidazole rings is 1. The number of rotatable bonds is 10. The van der Waals surface area contributed by atoms with Crippen molar-refractivity contribution in [3.05, 3.63) is 105 Å². The van der Waals surface area contributed by atoms with Gasteiger partial charge < -0.3 is 20.1 Å². The van der Waals surface area contributed by atoms with Crippen molar-refractivity contribution in [2.75, 3.05) is 25.0 Å². The van der Waals surface area contributed by atoms with Crippen molar-refractivity contribution in [2.45, 2.75) is 81.7 Å². The molecule has 15 nitrogen and oxygen atoms in total. The number of hydrogen-bond acceptors (Lipinski definition) is 9. The van der Waals surface area contributed by atoms with E-state index in [9.17, 15) is 37.5 Å². The van der Waals surface area contributed by atoms with Crippen molar-refractivity contribution in [1.29, 1.82) is 0 Å². The Kier molecular flexibility index (Phi) is 11.4. The summed E-state index contributed by atoms with van der Waals surface area (Å²) in [6, 6.07) is 20.7. The number of ether oxygens (including phenoxy) is 1. The van der Waals surface area contributed by atoms with Gasteiger partial charge in [-0.15, -0.1) is 11.3 Å². The summed E-state index contributed by atoms with van der Waals surface area (Å²) >= 11 is 1.15. The number of sulfonamides is 1. The molecule has 3 saturated heterocycles. The number of hydrogen-bond donors (Lipinski definition) is 3. The number of thiophene rings is 1. The maximum absolute atomic E-state index is 14.0. The third-order valence-electron chi connectivity index (χ3n) is 12.1. The first kappa shape index (κ1) is 41.9. The Hall–Kier alpha value is -5.78. The molecule has 3 N–H and O–H groups in total. The molecule has 4 amide bonds. The summed E-state index contributed by atoms with van der Waals surface area (Å²) in [5.74, 6) is -1.37. The fourth-order valence-corrected chi connectivity index (χ4v) is 11.8. The average Bonchev–Trinajstić information content (AvgIpc) is 3.80. The van der Waals surface area contributed by atoms with E-state index in [1.165, 1.54) is 13.4 Å². The number of carbonyl (C=O) groups is 4. The van der Waals surface area contributed by atoms with E-state index in [0.717, 1.165) is 16.9 Å². The third kappa shape index (κ3) is 8.46. The highest BCUT2D eigenvalue weighted by molar-refractivity contribution is 7.88. The minimum atomic E-state index is -3.78. The van der Waals surface area contributed by atoms with Gasteiger partial charge in [0.1, 0.15) is 22.8 Å². The first-order valence-corrected chi connectivity index (χ1v) is 22.9. The van der Waals surface area contributed by atoms with E-state index in [1.54, 1.807) is 47.7 Å². The SMILES string of the molecule is Cn1c(=O)n(C2CCC(=O)NC2=O)c2ccc(C3CCN(C(=O)Nc4cccc(CS(=O)(=O)N5CC[C@@H](Oc6ccccc6-c6ccsc6C(=O)O)CC5(C)C)c4)CC3)cc21. The molecule has 5 aromatic rings. The van der Waals surface area contributed by atoms with Gasteiger partial charge in [0.15, 0.2) is 0 Å². The molecule has 3 aromatic carbocycles. The van der Waals surface area contributed by atoms with Crippen molar-refractivity contribution in [1.82, 2.24) is 23.7 Å². The van der Waals surface area contributed by atoms with Crippen LogP contribution >= 0.6 is 11.3 Å². The number of urea groups is 1. The lowest BCUT2D eigenvalue weighted by Gasteiger charge is -2.44. The van der Waals surface area contributed by atoms with E-state index < -0.39 is 33.5 Å². The van der Waals surface area contributed by atoms with E-state index >= 15 is 0 Å². The van der Waals surface area contributed by atoms with Gasteiger partial charge in [0, 0.05) is 61.9 Å². The molecule has 61 heavy (non-hydrogen) atoms. The number of fused-ring (bicyclic) bond motifs is 1. The number of benzene rings is 3. The van der Waals surface area contributed by atoms with E-state index in [4.69, 9.17) is 4.74 Å². The number of piperidine rings is 3. The molecule has 2 aromatic heterocycles. The van der Waals surface area contributed by atoms with Crippen LogP contribution in [-0.2, 0) is 32.4 Å². The third-order valence-corrected chi connectivity index (χ3v) is 15.1. The zero-order chi connectivity index (χ0) is 43.2. The van der Waals surface area contributed by atoms with Crippen LogP contribution in [0.1, 0.15) is 85.1 Å². The number of imide groups is 1. The summed E-state index contributed by atoms with van der Waals surface area (Å²) in [6.45, 7) is 5.00. The summed E-state index contributed by atoms with van der Waals surface area (Å²) in [5.41, 5.74) is 3.56. The zero-order valence-electron chi connectivity index (χ0n) is 34.1. The highest BCUT2D eigenvalue weighted by Gasteiger charge is 2.42. The Morgan fingerprint density at radius 2 is 1.69 bits per heavy atom. The van der Waals surface area contributed by atoms with Gasteiger partial charge in [-0.25, -0.2) is 22.8 Å². The van der Waals surface area contributed by atoms with Gasteiger partial charge in [-0.2, -0.15) is 4.31 Å². The standard InChI is InChI=1S/C44H48N6O9S2/c1-44(2)25-31(59-37-10-5-4-9-32(37)33-18-22-60-39(33)41(53)54)17-21-49(44)61(57,58)26-27-7-6-8-30(23-27)45-42(55)48-19-15-28(16-20-48)29-11-12-34-36(24-29)47(3)43(56)50(34)35-13-14-38(51)46-40(35)52/h4-12,18,22-24,28,31,35H,13-17,19-21,25-26H2,1-3H3,(H,45,55)(H,53,54)(H,46,51,52)/t31-,35?/m1/s1. The normalized spacial score (nSPS) is 20.1. The molecule has 5 heterocycles. The molecule has 8 rings (SSSR count). The number of carboxylic acids is 1. The number of amides is 4. The number of likely N-dealkylation sites (tertiary alicyclic amines) is 1. The smallest absolute Gasteiger partial charge is 0.346 e. The predicted octanol–water partition coefficient (Wildman–Crippen LogP) is 6.31. The molecule has 0 bridgehead atoms. The van der Waals surface area contributed by atoms with Crippen LogP contribution in [0.25, 0.3) is 22.2 Å². The van der Waals surface area contributed by atoms with E-state index in [1.807, 2.05) is 56.3 Å². The van der Waals surface area contributed by atoms with Crippen molar-refractivity contribution in [2.24, 2.45) is 7.05 Å². The molecule has 2 atom stereocenters. The van der Waals surface area contributed by atoms with Gasteiger partial charge in [0.05, 0.1) is 16.8 Å². The molecule has 3 aliphatic rings. The van der Waals surface area contributed by atoms with Crippen LogP contribution in [0, 0.1) is 0 Å². The molecule has 0 saturated carbocycles. The van der Waals surface area contributed by atoms with Gasteiger partial charge in [-0.3, -0.25) is 24.0 Å². The van der Waals surface area contributed by atoms with Crippen LogP contribution < -0.4 is 21.1 Å². The molecule has 1 unspecified atom stereocenters. The number of aryl methyl sites for hydroxylation is 1. The van der Waals surface area contributed by atoms with E-state index in [2.05, 4.69) is 10.6 Å². The van der Waals surface area contributed by atoms with Crippen molar-refractivity contribution in [3.63, 3.8) is 0 Å². The second-order valence-corrected chi connectivity index (χ2v) is 19.5. The van der Waals surface area contributed by atoms with Crippen LogP contribution in [0.15, 0.2) is 83.0 Å². The lowest BCUT2D eigenvalue weighted by molar-refractivity contribution is -0.135. The summed E-state index contributed by atoms with van der Waals surface area (Å²) in [6.07, 6.45) is 2.41. The van der Waals surface area contributed by atoms with Crippen molar-refractivity contribution in [3.8, 4) is 16.9 Å². The molecule has 320 valence electrons. The van der Waals surface area contributed by atoms with Crippen LogP contribution in [-0.4, -0.2) is 87.0 Å². The van der Waals surface area contributed by atoms with E-state index in [-0.39, 0.29) is 59.7 Å². The number of aromatic carboxylic acids is 1. The van der Waals surface area contributed by atoms with Crippen molar-refractivity contribution >= 4 is 61.9 Å². The summed E-state index contributed by atoms with van der Waals surface area (Å²) in [4.78, 5) is 64.8. The topological polar surface area (TPSA) is 189 Å². The number of anilines is 1. The molecule has 0 aliphatic carbocycles. The van der Waals surface area contributed by atoms with Gasteiger partial charge in [-0.1, -0.05) is 36.4 Å². The lowest BCUT2D eigenvalue weighted by atomic mass is 9.89. The highest BCUT2D eigenvalue weighted by Crippen LogP contribution is 2.39. The molecule has 0 radical (unpaired) electrons. The maximum atomic E-state index is 14.0. The average molecular weight is 869 g/mol. The van der Waals surface area contributed by atoms with Gasteiger partial charge >= 0.3 is 17.7 Å². The summed E-state index contributed by atoms with van der Waals surface area (Å²) in [5, 5.41) is 16.7. The Labute approximate surface area is 357 Å². The fraction of sp³-hybridized carbons (Fsp3) is 0.386. The molecule has 3 fully saturated rings. The van der Waals surface area contributed by atoms with Crippen LogP contribution in [0.5, 0.6) is 5.75 Å². The Balaban J connectivity index is 0.869. The minimum Gasteiger partial charge on any atom is -0.490 e. The second kappa shape index (κ2) is 16.6. The molecular formula is C44H48N6O9S2. The van der Waals surface area contributed by atoms with Crippen molar-refractivity contribution < 1.29 is 37.4 Å². The molecular weight excluding hydrogens is 821 g/mol. The highest BCUT2D eigenvalue weighted by atomic mass is 32.2. The Morgan fingerprint density at radius 1 is 0.918 bits per heavy atom. The number of carboxylic acid groups (broad SMARTS) is 1. The minimum absolute atomic E-state index is 0.144. The number of carbonyl (C=O) groups excluding carboxylic acids is 3. The van der Waals surface area contributed by atoms with Crippen LogP contribution in [0.2, 0.25) is 0 Å². The van der Waals surface area contributed by atoms with Gasteiger partial charge in [-0.05, 0) is 98.4 Å². The summed E-state index contributed by atoms with van der Waals surface area (Å²) in [7, 11) is -2.11. The zero-order valence-corrected chi connectivity index (χ0v) is 35.8. The van der Waals surface area contributed by atoms with Gasteiger partial charge in [0.2, 0.25) is 21.8 Å². The number of nitrogens with one attached hydrogen (secondary N) is 2. The first-order chi connectivity index (χ1) is 29.1. The molecule has 17 heteroatoms. The van der Waals surface area contributed by atoms with Gasteiger partial charge in [0.25, 0.3) is 0 Å². The quantitative estimate of drug-likeness (QED) is 0.135. The van der Waals surface area contributed by atoms with Crippen LogP contribution in [0.3, 0.4) is 0 Å². The van der Waals surface area contributed by atoms with E-state index in [0.29, 0.717) is 77.9 Å². The molecule has 3 aliphatic heterocycles. The second-order valence-electron chi connectivity index (χ2n) is 16.7. The van der Waals surface area contributed by atoms with Crippen LogP contribution in [0.4, 0.5) is 10.5 Å². The largest absolute Gasteiger partial charge is 0.490 e. The Bertz CT molecular complexity index is 2710. The maximum Gasteiger partial charge on any atom is 0.346 e. The molecule has 0 spiro atoms. The fourth-order valence-electron chi connectivity index (χ4n) is 9.11. The first-order valence-electron chi connectivity index (χ1n) is 20.4. The predicted molar refractivity (Wildman–Crippen MR) is 231 cm³/mol.